The van der Waals surface area contributed by atoms with Crippen molar-refractivity contribution in [2.75, 3.05) is 29.0 Å². The van der Waals surface area contributed by atoms with E-state index in [1.54, 1.807) is 24.1 Å². The number of hydrogen-bond donors (Lipinski definition) is 3. The first kappa shape index (κ1) is 26.1. The maximum atomic E-state index is 13.3. The number of piperidine rings is 1. The summed E-state index contributed by atoms with van der Waals surface area (Å²) in [5.41, 5.74) is 4.01. The van der Waals surface area contributed by atoms with E-state index in [1.165, 1.54) is 0 Å². The van der Waals surface area contributed by atoms with Crippen LogP contribution in [0.5, 0.6) is 0 Å². The highest BCUT2D eigenvalue weighted by atomic mass is 35.5. The first-order valence-electron chi connectivity index (χ1n) is 13.5. The molecule has 2 amide bonds. The number of nitrogens with one attached hydrogen (secondary N) is 3. The van der Waals surface area contributed by atoms with Gasteiger partial charge >= 0.3 is 0 Å². The summed E-state index contributed by atoms with van der Waals surface area (Å²) in [5, 5.41) is 14.0. The molecule has 1 aliphatic carbocycles. The number of allylic oxidation sites excluding steroid dienone is 4. The Bertz CT molecular complexity index is 1510. The van der Waals surface area contributed by atoms with Crippen LogP contribution in [0.25, 0.3) is 0 Å². The number of hydrogen-bond acceptors (Lipinski definition) is 8. The first-order valence-corrected chi connectivity index (χ1v) is 13.9. The fourth-order valence-electron chi connectivity index (χ4n) is 5.38. The summed E-state index contributed by atoms with van der Waals surface area (Å²) in [7, 11) is 0. The van der Waals surface area contributed by atoms with Gasteiger partial charge in [-0.05, 0) is 74.8 Å². The molecule has 0 radical (unpaired) electrons. The molecule has 206 valence electrons. The zero-order valence-electron chi connectivity index (χ0n) is 22.1. The zero-order valence-corrected chi connectivity index (χ0v) is 22.9. The normalized spacial score (nSPS) is 18.8. The minimum absolute atomic E-state index is 0.0280. The topological polar surface area (TPSA) is 125 Å². The van der Waals surface area contributed by atoms with Gasteiger partial charge in [-0.15, -0.1) is 0 Å². The van der Waals surface area contributed by atoms with Crippen LogP contribution in [0.2, 0.25) is 5.02 Å². The van der Waals surface area contributed by atoms with Crippen molar-refractivity contribution in [3.05, 3.63) is 76.4 Å². The van der Waals surface area contributed by atoms with Crippen molar-refractivity contribution in [3.8, 4) is 0 Å². The lowest BCUT2D eigenvalue weighted by molar-refractivity contribution is -0.121. The lowest BCUT2D eigenvalue weighted by atomic mass is 9.91. The molecule has 0 saturated carbocycles. The Labute approximate surface area is 236 Å². The van der Waals surface area contributed by atoms with E-state index in [0.717, 1.165) is 41.9 Å². The van der Waals surface area contributed by atoms with Gasteiger partial charge in [0.1, 0.15) is 10.8 Å². The summed E-state index contributed by atoms with van der Waals surface area (Å²) in [5.74, 6) is 1.56. The molecule has 2 aromatic heterocycles. The minimum Gasteiger partial charge on any atom is -0.361 e. The summed E-state index contributed by atoms with van der Waals surface area (Å²) in [6.45, 7) is 2.75. The second kappa shape index (κ2) is 11.1. The highest BCUT2D eigenvalue weighted by Crippen LogP contribution is 2.32. The van der Waals surface area contributed by atoms with Gasteiger partial charge in [0.2, 0.25) is 11.9 Å². The number of fused-ring (bicyclic) bond motifs is 6. The van der Waals surface area contributed by atoms with E-state index in [9.17, 15) is 9.59 Å². The summed E-state index contributed by atoms with van der Waals surface area (Å²) in [6.07, 6.45) is 11.6. The second-order valence-corrected chi connectivity index (χ2v) is 10.9. The largest absolute Gasteiger partial charge is 0.361 e. The monoisotopic (exact) mass is 559 g/mol. The van der Waals surface area contributed by atoms with Gasteiger partial charge in [0, 0.05) is 42.1 Å². The molecule has 1 unspecified atom stereocenters. The van der Waals surface area contributed by atoms with Gasteiger partial charge in [0.05, 0.1) is 6.20 Å². The molecule has 1 saturated heterocycles. The zero-order chi connectivity index (χ0) is 27.6. The number of rotatable bonds is 3. The number of amides is 2. The van der Waals surface area contributed by atoms with E-state index in [0.29, 0.717) is 60.1 Å². The average molecular weight is 560 g/mol. The Balaban J connectivity index is 1.17. The highest BCUT2D eigenvalue weighted by Gasteiger charge is 2.29. The minimum atomic E-state index is -0.179. The summed E-state index contributed by atoms with van der Waals surface area (Å²) < 4.78 is 5.04. The van der Waals surface area contributed by atoms with Crippen LogP contribution >= 0.6 is 11.6 Å². The Morgan fingerprint density at radius 1 is 1.15 bits per heavy atom. The van der Waals surface area contributed by atoms with Crippen LogP contribution in [0, 0.1) is 18.8 Å². The molecule has 11 heteroatoms. The molecule has 1 fully saturated rings. The molecular formula is C29H30ClN7O3. The third kappa shape index (κ3) is 5.72. The van der Waals surface area contributed by atoms with Crippen LogP contribution in [-0.2, 0) is 11.2 Å². The number of aromatic nitrogens is 3. The second-order valence-electron chi connectivity index (χ2n) is 10.5. The van der Waals surface area contributed by atoms with Crippen LogP contribution in [-0.4, -0.2) is 44.9 Å². The van der Waals surface area contributed by atoms with E-state index in [2.05, 4.69) is 43.2 Å². The molecule has 4 heterocycles. The maximum absolute atomic E-state index is 13.3. The number of halogens is 1. The van der Waals surface area contributed by atoms with Gasteiger partial charge in [-0.25, -0.2) is 4.98 Å². The third-order valence-corrected chi connectivity index (χ3v) is 7.87. The SMILES string of the molecule is Cc1cc(C(=O)N2CCC(C(=O)Nc3ccc4cc3CCC3C=CC=C(C3)Nc3ncc(Cl)c(n3)N4)CC2)no1. The van der Waals surface area contributed by atoms with Gasteiger partial charge in [0.25, 0.3) is 5.91 Å². The lowest BCUT2D eigenvalue weighted by Gasteiger charge is -2.31. The molecule has 6 rings (SSSR count). The fraction of sp³-hybridized carbons (Fsp3) is 0.345. The number of aryl methyl sites for hydroxylation is 2. The molecule has 1 atom stereocenters. The number of carbonyl (C=O) groups is 2. The molecular weight excluding hydrogens is 530 g/mol. The van der Waals surface area contributed by atoms with Crippen LogP contribution in [0.3, 0.4) is 0 Å². The molecule has 40 heavy (non-hydrogen) atoms. The van der Waals surface area contributed by atoms with Crippen molar-refractivity contribution in [1.82, 2.24) is 20.0 Å². The number of anilines is 4. The van der Waals surface area contributed by atoms with Crippen molar-refractivity contribution in [2.24, 2.45) is 11.8 Å². The summed E-state index contributed by atoms with van der Waals surface area (Å²) in [4.78, 5) is 36.7. The van der Waals surface area contributed by atoms with Crippen LogP contribution < -0.4 is 16.0 Å². The number of likely N-dealkylation sites (tertiary alicyclic amines) is 1. The lowest BCUT2D eigenvalue weighted by Crippen LogP contribution is -2.41. The van der Waals surface area contributed by atoms with Crippen molar-refractivity contribution >= 4 is 46.6 Å². The van der Waals surface area contributed by atoms with Gasteiger partial charge in [-0.1, -0.05) is 28.9 Å². The van der Waals surface area contributed by atoms with Gasteiger partial charge < -0.3 is 25.4 Å². The molecule has 3 aromatic rings. The molecule has 0 spiro atoms. The standard InChI is InChI=1S/C29H30ClN7O3/c1-17-13-25(36-40-17)28(39)37-11-9-19(10-12-37)27(38)34-24-8-7-22-15-20(24)6-5-18-3-2-4-21(14-18)33-29-31-16-23(30)26(32-22)35-29/h2-4,7-8,13,15-16,18-19H,5-6,9-12,14H2,1H3,(H,34,38)(H2,31,32,33,35). The molecule has 2 aliphatic heterocycles. The molecule has 3 N–H and O–H groups in total. The number of nitrogens with zero attached hydrogens (tertiary/aromatic N) is 4. The molecule has 6 bridgehead atoms. The van der Waals surface area contributed by atoms with Gasteiger partial charge in [-0.3, -0.25) is 9.59 Å². The smallest absolute Gasteiger partial charge is 0.276 e. The summed E-state index contributed by atoms with van der Waals surface area (Å²) >= 11 is 6.39. The van der Waals surface area contributed by atoms with Crippen LogP contribution in [0.4, 0.5) is 23.1 Å². The number of benzene rings is 1. The predicted octanol–water partition coefficient (Wildman–Crippen LogP) is 5.48. The van der Waals surface area contributed by atoms with E-state index < -0.39 is 0 Å². The first-order chi connectivity index (χ1) is 19.4. The van der Waals surface area contributed by atoms with Crippen molar-refractivity contribution in [3.63, 3.8) is 0 Å². The van der Waals surface area contributed by atoms with Crippen molar-refractivity contribution < 1.29 is 14.1 Å². The van der Waals surface area contributed by atoms with Crippen molar-refractivity contribution in [2.45, 2.75) is 39.0 Å². The molecule has 1 aromatic carbocycles. The average Bonchev–Trinajstić information content (AvgIpc) is 3.40. The van der Waals surface area contributed by atoms with E-state index >= 15 is 0 Å². The highest BCUT2D eigenvalue weighted by molar-refractivity contribution is 6.32. The van der Waals surface area contributed by atoms with Gasteiger partial charge in [0.15, 0.2) is 11.5 Å². The quantitative estimate of drug-likeness (QED) is 0.385. The Morgan fingerprint density at radius 2 is 2.00 bits per heavy atom. The summed E-state index contributed by atoms with van der Waals surface area (Å²) in [6, 6.07) is 7.52. The van der Waals surface area contributed by atoms with Crippen LogP contribution in [0.1, 0.15) is 47.5 Å². The van der Waals surface area contributed by atoms with Gasteiger partial charge in [-0.2, -0.15) is 4.98 Å². The van der Waals surface area contributed by atoms with Crippen molar-refractivity contribution in [1.29, 1.82) is 0 Å². The Hall–Kier alpha value is -4.18. The predicted molar refractivity (Wildman–Crippen MR) is 153 cm³/mol. The number of carbonyl (C=O) groups excluding carboxylic acids is 2. The van der Waals surface area contributed by atoms with E-state index in [-0.39, 0.29) is 17.7 Å². The Morgan fingerprint density at radius 3 is 2.80 bits per heavy atom. The Kier molecular flexibility index (Phi) is 7.25. The third-order valence-electron chi connectivity index (χ3n) is 7.59. The fourth-order valence-corrected chi connectivity index (χ4v) is 5.52. The molecule has 10 nitrogen and oxygen atoms in total. The molecule has 3 aliphatic rings. The van der Waals surface area contributed by atoms with E-state index in [1.807, 2.05) is 24.3 Å². The maximum Gasteiger partial charge on any atom is 0.276 e. The van der Waals surface area contributed by atoms with Crippen LogP contribution in [0.15, 0.2) is 58.9 Å². The van der Waals surface area contributed by atoms with E-state index in [4.69, 9.17) is 16.1 Å².